The molecule has 0 atom stereocenters. The third-order valence-corrected chi connectivity index (χ3v) is 2.31. The zero-order valence-electron chi connectivity index (χ0n) is 8.23. The molecule has 76 valence electrons. The summed E-state index contributed by atoms with van der Waals surface area (Å²) in [5, 5.41) is 10.3. The molecule has 15 heavy (non-hydrogen) atoms. The fourth-order valence-electron chi connectivity index (χ4n) is 1.55. The Morgan fingerprint density at radius 2 is 1.87 bits per heavy atom. The minimum atomic E-state index is -0.738. The van der Waals surface area contributed by atoms with Gasteiger partial charge in [0.15, 0.2) is 0 Å². The molecule has 0 fully saturated rings. The molecule has 0 unspecified atom stereocenters. The first-order valence-corrected chi connectivity index (χ1v) is 4.57. The van der Waals surface area contributed by atoms with Crippen molar-refractivity contribution in [2.45, 2.75) is 6.92 Å². The Balaban J connectivity index is 2.59. The Labute approximate surface area is 86.8 Å². The van der Waals surface area contributed by atoms with Gasteiger partial charge in [-0.05, 0) is 29.8 Å². The Morgan fingerprint density at radius 1 is 1.13 bits per heavy atom. The Kier molecular flexibility index (Phi) is 2.39. The van der Waals surface area contributed by atoms with Crippen molar-refractivity contribution in [3.8, 4) is 0 Å². The lowest BCUT2D eigenvalue weighted by Crippen LogP contribution is -2.00. The summed E-state index contributed by atoms with van der Waals surface area (Å²) >= 11 is 0. The smallest absolute Gasteiger partial charge is 0.296 e. The van der Waals surface area contributed by atoms with Gasteiger partial charge < -0.3 is 0 Å². The van der Waals surface area contributed by atoms with Gasteiger partial charge in [-0.3, -0.25) is 4.89 Å². The van der Waals surface area contributed by atoms with E-state index in [9.17, 15) is 4.79 Å². The average molecular weight is 202 g/mol. The minimum absolute atomic E-state index is 0.343. The van der Waals surface area contributed by atoms with E-state index < -0.39 is 5.97 Å². The number of rotatable bonds is 1. The van der Waals surface area contributed by atoms with Gasteiger partial charge in [-0.1, -0.05) is 29.8 Å². The lowest BCUT2D eigenvalue weighted by molar-refractivity contribution is -0.182. The molecule has 0 aliphatic rings. The highest BCUT2D eigenvalue weighted by Gasteiger charge is 2.06. The molecule has 2 aromatic carbocycles. The van der Waals surface area contributed by atoms with Gasteiger partial charge in [0.25, 0.3) is 0 Å². The zero-order valence-corrected chi connectivity index (χ0v) is 8.23. The second kappa shape index (κ2) is 3.71. The molecule has 2 aromatic rings. The van der Waals surface area contributed by atoms with Crippen LogP contribution >= 0.6 is 0 Å². The predicted molar refractivity (Wildman–Crippen MR) is 56.7 cm³/mol. The molecule has 3 nitrogen and oxygen atoms in total. The highest BCUT2D eigenvalue weighted by atomic mass is 17.1. The molecule has 0 aliphatic heterocycles. The molecule has 0 spiro atoms. The highest BCUT2D eigenvalue weighted by molar-refractivity contribution is 5.95. The van der Waals surface area contributed by atoms with Crippen molar-refractivity contribution in [3.63, 3.8) is 0 Å². The van der Waals surface area contributed by atoms with E-state index in [0.29, 0.717) is 5.56 Å². The van der Waals surface area contributed by atoms with Crippen molar-refractivity contribution in [1.29, 1.82) is 0 Å². The number of hydrogen-bond acceptors (Lipinski definition) is 3. The first-order chi connectivity index (χ1) is 7.20. The molecule has 2 rings (SSSR count). The number of fused-ring (bicyclic) bond motifs is 1. The van der Waals surface area contributed by atoms with Crippen LogP contribution in [0, 0.1) is 6.92 Å². The molecule has 1 N–H and O–H groups in total. The number of hydrogen-bond donors (Lipinski definition) is 1. The van der Waals surface area contributed by atoms with Gasteiger partial charge in [-0.2, -0.15) is 5.26 Å². The van der Waals surface area contributed by atoms with E-state index >= 15 is 0 Å². The van der Waals surface area contributed by atoms with E-state index in [1.165, 1.54) is 0 Å². The molecule has 0 saturated carbocycles. The van der Waals surface area contributed by atoms with E-state index in [4.69, 9.17) is 5.26 Å². The van der Waals surface area contributed by atoms with E-state index in [1.54, 1.807) is 12.1 Å². The lowest BCUT2D eigenvalue weighted by Gasteiger charge is -2.01. The Morgan fingerprint density at radius 3 is 2.60 bits per heavy atom. The van der Waals surface area contributed by atoms with Crippen LogP contribution in [0.4, 0.5) is 0 Å². The van der Waals surface area contributed by atoms with Gasteiger partial charge in [-0.15, -0.1) is 0 Å². The third-order valence-electron chi connectivity index (χ3n) is 2.31. The van der Waals surface area contributed by atoms with Gasteiger partial charge in [0.05, 0.1) is 5.56 Å². The summed E-state index contributed by atoms with van der Waals surface area (Å²) in [6.07, 6.45) is 0. The molecule has 0 radical (unpaired) electrons. The summed E-state index contributed by atoms with van der Waals surface area (Å²) in [5.74, 6) is -0.738. The summed E-state index contributed by atoms with van der Waals surface area (Å²) in [5.41, 5.74) is 1.47. The van der Waals surface area contributed by atoms with Crippen LogP contribution in [0.3, 0.4) is 0 Å². The molecule has 0 heterocycles. The quantitative estimate of drug-likeness (QED) is 0.571. The van der Waals surface area contributed by atoms with Gasteiger partial charge in [-0.25, -0.2) is 4.79 Å². The van der Waals surface area contributed by atoms with Crippen LogP contribution in [0.15, 0.2) is 36.4 Å². The van der Waals surface area contributed by atoms with Crippen LogP contribution < -0.4 is 0 Å². The van der Waals surface area contributed by atoms with Crippen LogP contribution in [-0.2, 0) is 4.89 Å². The van der Waals surface area contributed by atoms with Crippen molar-refractivity contribution in [1.82, 2.24) is 0 Å². The summed E-state index contributed by atoms with van der Waals surface area (Å²) in [4.78, 5) is 14.7. The summed E-state index contributed by atoms with van der Waals surface area (Å²) in [6.45, 7) is 1.98. The van der Waals surface area contributed by atoms with Crippen molar-refractivity contribution in [2.24, 2.45) is 0 Å². The molecular weight excluding hydrogens is 192 g/mol. The number of benzene rings is 2. The van der Waals surface area contributed by atoms with Gasteiger partial charge >= 0.3 is 5.97 Å². The van der Waals surface area contributed by atoms with E-state index in [2.05, 4.69) is 4.89 Å². The fourth-order valence-corrected chi connectivity index (χ4v) is 1.55. The monoisotopic (exact) mass is 202 g/mol. The van der Waals surface area contributed by atoms with Gasteiger partial charge in [0.2, 0.25) is 0 Å². The molecular formula is C12H10O3. The zero-order chi connectivity index (χ0) is 10.8. The average Bonchev–Trinajstić information content (AvgIpc) is 2.27. The molecule has 0 bridgehead atoms. The number of carbonyl (C=O) groups excluding carboxylic acids is 1. The minimum Gasteiger partial charge on any atom is -0.296 e. The van der Waals surface area contributed by atoms with Crippen LogP contribution in [0.25, 0.3) is 10.8 Å². The number of carbonyl (C=O) groups is 1. The second-order valence-electron chi connectivity index (χ2n) is 3.44. The summed E-state index contributed by atoms with van der Waals surface area (Å²) in [6, 6.07) is 11.1. The van der Waals surface area contributed by atoms with Crippen LogP contribution in [0.1, 0.15) is 15.9 Å². The molecule has 0 amide bonds. The van der Waals surface area contributed by atoms with Crippen molar-refractivity contribution < 1.29 is 14.9 Å². The predicted octanol–water partition coefficient (Wildman–Crippen LogP) is 2.78. The summed E-state index contributed by atoms with van der Waals surface area (Å²) < 4.78 is 0. The Hall–Kier alpha value is -1.87. The van der Waals surface area contributed by atoms with E-state index in [-0.39, 0.29) is 0 Å². The van der Waals surface area contributed by atoms with Crippen LogP contribution in [-0.4, -0.2) is 11.2 Å². The fraction of sp³-hybridized carbons (Fsp3) is 0.0833. The third kappa shape index (κ3) is 1.82. The maximum absolute atomic E-state index is 11.1. The molecule has 0 saturated heterocycles. The standard InChI is InChI=1S/C12H10O3/c1-8-2-3-9-4-5-10(12(13)15-14)7-11(9)6-8/h2-7,14H,1H3. The SMILES string of the molecule is Cc1ccc2ccc(C(=O)OO)cc2c1. The lowest BCUT2D eigenvalue weighted by atomic mass is 10.0. The largest absolute Gasteiger partial charge is 0.372 e. The van der Waals surface area contributed by atoms with E-state index in [1.807, 2.05) is 31.2 Å². The normalized spacial score (nSPS) is 10.3. The Bertz CT molecular complexity index is 517. The second-order valence-corrected chi connectivity index (χ2v) is 3.44. The molecule has 0 aliphatic carbocycles. The topological polar surface area (TPSA) is 46.5 Å². The maximum Gasteiger partial charge on any atom is 0.372 e. The summed E-state index contributed by atoms with van der Waals surface area (Å²) in [7, 11) is 0. The highest BCUT2D eigenvalue weighted by Crippen LogP contribution is 2.18. The first kappa shape index (κ1) is 9.68. The van der Waals surface area contributed by atoms with Crippen molar-refractivity contribution in [2.75, 3.05) is 0 Å². The van der Waals surface area contributed by atoms with Gasteiger partial charge in [0.1, 0.15) is 0 Å². The maximum atomic E-state index is 11.1. The molecule has 3 heteroatoms. The van der Waals surface area contributed by atoms with Crippen LogP contribution in [0.2, 0.25) is 0 Å². The first-order valence-electron chi connectivity index (χ1n) is 4.57. The molecule has 0 aromatic heterocycles. The van der Waals surface area contributed by atoms with E-state index in [0.717, 1.165) is 16.3 Å². The number of aryl methyl sites for hydroxylation is 1. The van der Waals surface area contributed by atoms with Crippen LogP contribution in [0.5, 0.6) is 0 Å². The van der Waals surface area contributed by atoms with Gasteiger partial charge in [0, 0.05) is 0 Å². The van der Waals surface area contributed by atoms with Crippen molar-refractivity contribution >= 4 is 16.7 Å². The van der Waals surface area contributed by atoms with Crippen molar-refractivity contribution in [3.05, 3.63) is 47.5 Å².